The van der Waals surface area contributed by atoms with Crippen molar-refractivity contribution in [1.82, 2.24) is 20.0 Å². The fourth-order valence-corrected chi connectivity index (χ4v) is 2.51. The Hall–Kier alpha value is -0.910. The highest BCUT2D eigenvalue weighted by Gasteiger charge is 2.24. The van der Waals surface area contributed by atoms with Crippen LogP contribution < -0.4 is 5.32 Å². The number of aryl methyl sites for hydroxylation is 2. The Balaban J connectivity index is 2.20. The summed E-state index contributed by atoms with van der Waals surface area (Å²) in [6.07, 6.45) is 2.96. The van der Waals surface area contributed by atoms with Gasteiger partial charge in [0.05, 0.1) is 18.3 Å². The van der Waals surface area contributed by atoms with Crippen molar-refractivity contribution in [3.05, 3.63) is 17.5 Å². The summed E-state index contributed by atoms with van der Waals surface area (Å²) in [6.45, 7) is 6.25. The average molecular weight is 238 g/mol. The van der Waals surface area contributed by atoms with E-state index >= 15 is 0 Å². The molecule has 0 saturated carbocycles. The number of nitrogens with zero attached hydrogens (tertiary/aromatic N) is 3. The van der Waals surface area contributed by atoms with Crippen molar-refractivity contribution < 1.29 is 5.11 Å². The van der Waals surface area contributed by atoms with Crippen LogP contribution in [0.3, 0.4) is 0 Å². The first-order valence-electron chi connectivity index (χ1n) is 6.34. The van der Waals surface area contributed by atoms with E-state index in [0.717, 1.165) is 38.3 Å². The van der Waals surface area contributed by atoms with Crippen molar-refractivity contribution in [3.8, 4) is 0 Å². The largest absolute Gasteiger partial charge is 0.394 e. The number of nitrogens with one attached hydrogen (secondary N) is 1. The van der Waals surface area contributed by atoms with Crippen LogP contribution in [-0.2, 0) is 13.5 Å². The normalized spacial score (nSPS) is 19.5. The Morgan fingerprint density at radius 1 is 1.47 bits per heavy atom. The third kappa shape index (κ3) is 2.68. The molecule has 5 nitrogen and oxygen atoms in total. The third-order valence-corrected chi connectivity index (χ3v) is 3.40. The maximum absolute atomic E-state index is 9.66. The molecule has 1 unspecified atom stereocenters. The maximum atomic E-state index is 9.66. The van der Waals surface area contributed by atoms with Gasteiger partial charge in [0.25, 0.3) is 0 Å². The van der Waals surface area contributed by atoms with Gasteiger partial charge < -0.3 is 10.4 Å². The molecular formula is C12H22N4O. The maximum Gasteiger partial charge on any atom is 0.0670 e. The Morgan fingerprint density at radius 3 is 2.76 bits per heavy atom. The molecule has 2 N–H and O–H groups in total. The highest BCUT2D eigenvalue weighted by atomic mass is 16.3. The van der Waals surface area contributed by atoms with Gasteiger partial charge in [0, 0.05) is 45.0 Å². The van der Waals surface area contributed by atoms with E-state index in [1.807, 2.05) is 17.9 Å². The first kappa shape index (κ1) is 12.5. The van der Waals surface area contributed by atoms with Gasteiger partial charge >= 0.3 is 0 Å². The molecule has 2 rings (SSSR count). The lowest BCUT2D eigenvalue weighted by Gasteiger charge is -2.33. The van der Waals surface area contributed by atoms with E-state index in [9.17, 15) is 5.11 Å². The molecule has 0 aromatic carbocycles. The van der Waals surface area contributed by atoms with E-state index in [1.165, 1.54) is 5.56 Å². The molecule has 5 heteroatoms. The molecular weight excluding hydrogens is 216 g/mol. The lowest BCUT2D eigenvalue weighted by atomic mass is 10.0. The van der Waals surface area contributed by atoms with Gasteiger partial charge in [-0.05, 0) is 6.42 Å². The van der Waals surface area contributed by atoms with Crippen molar-refractivity contribution >= 4 is 0 Å². The Labute approximate surface area is 102 Å². The molecule has 1 atom stereocenters. The Morgan fingerprint density at radius 2 is 2.18 bits per heavy atom. The average Bonchev–Trinajstić information content (AvgIpc) is 2.73. The molecule has 0 radical (unpaired) electrons. The topological polar surface area (TPSA) is 53.3 Å². The molecule has 1 aromatic rings. The Bertz CT molecular complexity index is 357. The molecule has 96 valence electrons. The summed E-state index contributed by atoms with van der Waals surface area (Å²) in [6, 6.07) is 0.0979. The Kier molecular flexibility index (Phi) is 4.15. The first-order chi connectivity index (χ1) is 8.26. The molecule has 0 bridgehead atoms. The standard InChI is InChI=1S/C12H22N4O/c1-3-11-10(8-15(2)14-11)12(9-17)16-6-4-13-5-7-16/h8,12-13,17H,3-7,9H2,1-2H3. The molecule has 0 spiro atoms. The van der Waals surface area contributed by atoms with Crippen molar-refractivity contribution in [1.29, 1.82) is 0 Å². The van der Waals surface area contributed by atoms with E-state index in [2.05, 4.69) is 22.2 Å². The molecule has 2 heterocycles. The SMILES string of the molecule is CCc1nn(C)cc1C(CO)N1CCNCC1. The number of aromatic nitrogens is 2. The van der Waals surface area contributed by atoms with Gasteiger partial charge in [0.15, 0.2) is 0 Å². The van der Waals surface area contributed by atoms with Gasteiger partial charge in [-0.2, -0.15) is 5.10 Å². The number of aliphatic hydroxyl groups excluding tert-OH is 1. The molecule has 1 fully saturated rings. The minimum Gasteiger partial charge on any atom is -0.394 e. The predicted molar refractivity (Wildman–Crippen MR) is 66.9 cm³/mol. The van der Waals surface area contributed by atoms with E-state index < -0.39 is 0 Å². The van der Waals surface area contributed by atoms with Crippen molar-refractivity contribution in [3.63, 3.8) is 0 Å². The van der Waals surface area contributed by atoms with E-state index in [-0.39, 0.29) is 12.6 Å². The second-order valence-corrected chi connectivity index (χ2v) is 4.54. The zero-order valence-corrected chi connectivity index (χ0v) is 10.7. The molecule has 1 aromatic heterocycles. The smallest absolute Gasteiger partial charge is 0.0670 e. The number of aliphatic hydroxyl groups is 1. The fraction of sp³-hybridized carbons (Fsp3) is 0.750. The zero-order chi connectivity index (χ0) is 12.3. The summed E-state index contributed by atoms with van der Waals surface area (Å²) < 4.78 is 1.85. The van der Waals surface area contributed by atoms with E-state index in [0.29, 0.717) is 0 Å². The monoisotopic (exact) mass is 238 g/mol. The predicted octanol–water partition coefficient (Wildman–Crippen LogP) is -0.0789. The van der Waals surface area contributed by atoms with Crippen LogP contribution in [0.2, 0.25) is 0 Å². The summed E-state index contributed by atoms with van der Waals surface area (Å²) in [5.74, 6) is 0. The lowest BCUT2D eigenvalue weighted by molar-refractivity contribution is 0.110. The highest BCUT2D eigenvalue weighted by molar-refractivity contribution is 5.22. The van der Waals surface area contributed by atoms with Gasteiger partial charge in [-0.3, -0.25) is 9.58 Å². The van der Waals surface area contributed by atoms with Crippen molar-refractivity contribution in [2.75, 3.05) is 32.8 Å². The number of rotatable bonds is 4. The summed E-state index contributed by atoms with van der Waals surface area (Å²) in [4.78, 5) is 2.34. The van der Waals surface area contributed by atoms with Crippen LogP contribution in [0.15, 0.2) is 6.20 Å². The van der Waals surface area contributed by atoms with Crippen LogP contribution in [0.4, 0.5) is 0 Å². The van der Waals surface area contributed by atoms with Crippen LogP contribution in [-0.4, -0.2) is 52.6 Å². The molecule has 0 amide bonds. The van der Waals surface area contributed by atoms with Gasteiger partial charge in [-0.1, -0.05) is 6.92 Å². The lowest BCUT2D eigenvalue weighted by Crippen LogP contribution is -2.46. The summed E-state index contributed by atoms with van der Waals surface area (Å²) in [5.41, 5.74) is 2.28. The zero-order valence-electron chi connectivity index (χ0n) is 10.7. The molecule has 1 aliphatic heterocycles. The van der Waals surface area contributed by atoms with E-state index in [4.69, 9.17) is 0 Å². The van der Waals surface area contributed by atoms with Crippen LogP contribution in [0.25, 0.3) is 0 Å². The molecule has 17 heavy (non-hydrogen) atoms. The van der Waals surface area contributed by atoms with Crippen LogP contribution in [0, 0.1) is 0 Å². The molecule has 1 saturated heterocycles. The quantitative estimate of drug-likeness (QED) is 0.770. The van der Waals surface area contributed by atoms with Crippen LogP contribution in [0.5, 0.6) is 0 Å². The summed E-state index contributed by atoms with van der Waals surface area (Å²) >= 11 is 0. The second-order valence-electron chi connectivity index (χ2n) is 4.54. The van der Waals surface area contributed by atoms with Gasteiger partial charge in [-0.25, -0.2) is 0 Å². The third-order valence-electron chi connectivity index (χ3n) is 3.40. The summed E-state index contributed by atoms with van der Waals surface area (Å²) in [5, 5.41) is 17.5. The summed E-state index contributed by atoms with van der Waals surface area (Å²) in [7, 11) is 1.94. The highest BCUT2D eigenvalue weighted by Crippen LogP contribution is 2.23. The van der Waals surface area contributed by atoms with Gasteiger partial charge in [0.1, 0.15) is 0 Å². The van der Waals surface area contributed by atoms with Crippen molar-refractivity contribution in [2.45, 2.75) is 19.4 Å². The van der Waals surface area contributed by atoms with Gasteiger partial charge in [0.2, 0.25) is 0 Å². The number of piperazine rings is 1. The number of hydrogen-bond donors (Lipinski definition) is 2. The second kappa shape index (κ2) is 5.62. The van der Waals surface area contributed by atoms with Crippen LogP contribution in [0.1, 0.15) is 24.2 Å². The van der Waals surface area contributed by atoms with Crippen molar-refractivity contribution in [2.24, 2.45) is 7.05 Å². The molecule has 0 aliphatic carbocycles. The van der Waals surface area contributed by atoms with Crippen LogP contribution >= 0.6 is 0 Å². The molecule has 1 aliphatic rings. The van der Waals surface area contributed by atoms with E-state index in [1.54, 1.807) is 0 Å². The number of hydrogen-bond acceptors (Lipinski definition) is 4. The van der Waals surface area contributed by atoms with Gasteiger partial charge in [-0.15, -0.1) is 0 Å². The minimum absolute atomic E-state index is 0.0979. The minimum atomic E-state index is 0.0979. The fourth-order valence-electron chi connectivity index (χ4n) is 2.51. The first-order valence-corrected chi connectivity index (χ1v) is 6.34.